The van der Waals surface area contributed by atoms with E-state index in [1.165, 1.54) is 13.0 Å². The van der Waals surface area contributed by atoms with Crippen molar-refractivity contribution in [3.63, 3.8) is 0 Å². The topological polar surface area (TPSA) is 71.2 Å². The molecule has 0 fully saturated rings. The van der Waals surface area contributed by atoms with Crippen molar-refractivity contribution in [1.29, 1.82) is 0 Å². The maximum Gasteiger partial charge on any atom is 0.337 e. The third-order valence-electron chi connectivity index (χ3n) is 1.49. The second-order valence-corrected chi connectivity index (χ2v) is 2.57. The first-order chi connectivity index (χ1) is 5.58. The van der Waals surface area contributed by atoms with Crippen LogP contribution < -0.4 is 0 Å². The highest BCUT2D eigenvalue weighted by atomic mass is 16.5. The van der Waals surface area contributed by atoms with Crippen molar-refractivity contribution in [1.82, 2.24) is 0 Å². The molecule has 1 N–H and O–H groups in total. The lowest BCUT2D eigenvalue weighted by Crippen LogP contribution is -2.28. The van der Waals surface area contributed by atoms with E-state index in [9.17, 15) is 4.79 Å². The molecule has 0 saturated heterocycles. The number of aliphatic carboxylic acids is 1. The van der Waals surface area contributed by atoms with Crippen LogP contribution in [0.3, 0.4) is 0 Å². The molecule has 0 aromatic heterocycles. The van der Waals surface area contributed by atoms with Crippen molar-refractivity contribution in [3.8, 4) is 0 Å². The Hall–Kier alpha value is -1.39. The first-order valence-electron chi connectivity index (χ1n) is 3.60. The van der Waals surface area contributed by atoms with Gasteiger partial charge in [-0.05, 0) is 13.8 Å². The molecule has 0 aromatic rings. The zero-order chi connectivity index (χ0) is 9.19. The quantitative estimate of drug-likeness (QED) is 0.691. The molecule has 5 nitrogen and oxygen atoms in total. The molecule has 1 atom stereocenters. The predicted octanol–water partition coefficient (Wildman–Crippen LogP) is 1.17. The lowest BCUT2D eigenvalue weighted by molar-refractivity contribution is -0.140. The largest absolute Gasteiger partial charge is 0.479 e. The van der Waals surface area contributed by atoms with Gasteiger partial charge in [0.2, 0.25) is 5.88 Å². The lowest BCUT2D eigenvalue weighted by Gasteiger charge is -2.07. The second-order valence-electron chi connectivity index (χ2n) is 2.57. The van der Waals surface area contributed by atoms with Gasteiger partial charge in [-0.25, -0.2) is 4.79 Å². The average Bonchev–Trinajstić information content (AvgIpc) is 2.34. The van der Waals surface area contributed by atoms with Crippen LogP contribution in [0.5, 0.6) is 0 Å². The van der Waals surface area contributed by atoms with Crippen molar-refractivity contribution in [2.24, 2.45) is 10.2 Å². The molecule has 0 saturated carbocycles. The first kappa shape index (κ1) is 8.70. The molecule has 1 heterocycles. The van der Waals surface area contributed by atoms with E-state index in [1.54, 1.807) is 6.92 Å². The Bertz CT molecular complexity index is 259. The van der Waals surface area contributed by atoms with Gasteiger partial charge in [0.25, 0.3) is 0 Å². The summed E-state index contributed by atoms with van der Waals surface area (Å²) in [7, 11) is 0. The van der Waals surface area contributed by atoms with E-state index in [0.717, 1.165) is 0 Å². The fourth-order valence-corrected chi connectivity index (χ4v) is 0.774. The number of carbonyl (C=O) groups is 1. The number of azo groups is 1. The molecule has 66 valence electrons. The van der Waals surface area contributed by atoms with E-state index < -0.39 is 11.5 Å². The summed E-state index contributed by atoms with van der Waals surface area (Å²) in [6, 6.07) is 0. The normalized spacial score (nSPS) is 27.0. The minimum Gasteiger partial charge on any atom is -0.479 e. The molecule has 0 aromatic carbocycles. The lowest BCUT2D eigenvalue weighted by atomic mass is 10.1. The van der Waals surface area contributed by atoms with Crippen LogP contribution in [0.25, 0.3) is 0 Å². The number of hydrogen-bond acceptors (Lipinski definition) is 4. The van der Waals surface area contributed by atoms with Gasteiger partial charge in [0.05, 0.1) is 6.61 Å². The van der Waals surface area contributed by atoms with Gasteiger partial charge in [-0.3, -0.25) is 0 Å². The molecule has 0 bridgehead atoms. The third kappa shape index (κ3) is 1.44. The molecule has 0 amide bonds. The Morgan fingerprint density at radius 3 is 2.92 bits per heavy atom. The molecule has 1 rings (SSSR count). The highest BCUT2D eigenvalue weighted by Crippen LogP contribution is 2.24. The number of ether oxygens (including phenoxy) is 1. The van der Waals surface area contributed by atoms with E-state index >= 15 is 0 Å². The Morgan fingerprint density at radius 2 is 2.50 bits per heavy atom. The molecule has 5 heteroatoms. The van der Waals surface area contributed by atoms with Crippen LogP contribution in [0.2, 0.25) is 0 Å². The second kappa shape index (κ2) is 2.92. The van der Waals surface area contributed by atoms with Crippen LogP contribution in [0.4, 0.5) is 0 Å². The van der Waals surface area contributed by atoms with E-state index in [1.807, 2.05) is 0 Å². The molecular weight excluding hydrogens is 160 g/mol. The third-order valence-corrected chi connectivity index (χ3v) is 1.49. The van der Waals surface area contributed by atoms with E-state index in [0.29, 0.717) is 6.61 Å². The minimum atomic E-state index is -1.25. The number of carboxylic acids is 1. The smallest absolute Gasteiger partial charge is 0.337 e. The number of rotatable bonds is 3. The Labute approximate surface area is 69.7 Å². The summed E-state index contributed by atoms with van der Waals surface area (Å²) in [5.41, 5.74) is -1.25. The molecule has 1 aliphatic rings. The van der Waals surface area contributed by atoms with Crippen LogP contribution in [0.1, 0.15) is 13.8 Å². The fraction of sp³-hybridized carbons (Fsp3) is 0.571. The minimum absolute atomic E-state index is 0.280. The highest BCUT2D eigenvalue weighted by Gasteiger charge is 2.35. The van der Waals surface area contributed by atoms with Gasteiger partial charge in [0.15, 0.2) is 5.54 Å². The SMILES string of the molecule is CCOC1=CC(C)(C(=O)O)N=N1. The monoisotopic (exact) mass is 170 g/mol. The van der Waals surface area contributed by atoms with Gasteiger partial charge in [-0.2, -0.15) is 5.11 Å². The summed E-state index contributed by atoms with van der Waals surface area (Å²) in [4.78, 5) is 10.6. The molecule has 12 heavy (non-hydrogen) atoms. The Kier molecular flexibility index (Phi) is 2.12. The fourth-order valence-electron chi connectivity index (χ4n) is 0.774. The number of nitrogens with zero attached hydrogens (tertiary/aromatic N) is 2. The summed E-state index contributed by atoms with van der Waals surface area (Å²) in [5, 5.41) is 15.9. The van der Waals surface area contributed by atoms with E-state index in [4.69, 9.17) is 9.84 Å². The maximum atomic E-state index is 10.6. The van der Waals surface area contributed by atoms with Crippen LogP contribution in [-0.4, -0.2) is 23.2 Å². The summed E-state index contributed by atoms with van der Waals surface area (Å²) >= 11 is 0. The first-order valence-corrected chi connectivity index (χ1v) is 3.60. The van der Waals surface area contributed by atoms with Gasteiger partial charge < -0.3 is 9.84 Å². The molecule has 0 aliphatic carbocycles. The average molecular weight is 170 g/mol. The van der Waals surface area contributed by atoms with Crippen LogP contribution in [-0.2, 0) is 9.53 Å². The zero-order valence-electron chi connectivity index (χ0n) is 6.94. The van der Waals surface area contributed by atoms with Crippen molar-refractivity contribution >= 4 is 5.97 Å². The molecular formula is C7H10N2O3. The van der Waals surface area contributed by atoms with Gasteiger partial charge in [0, 0.05) is 6.08 Å². The van der Waals surface area contributed by atoms with E-state index in [2.05, 4.69) is 10.2 Å². The Balaban J connectivity index is 2.77. The summed E-state index contributed by atoms with van der Waals surface area (Å²) < 4.78 is 4.99. The molecule has 0 spiro atoms. The van der Waals surface area contributed by atoms with Gasteiger partial charge in [-0.1, -0.05) is 0 Å². The summed E-state index contributed by atoms with van der Waals surface area (Å²) in [6.45, 7) is 3.72. The van der Waals surface area contributed by atoms with E-state index in [-0.39, 0.29) is 5.88 Å². The van der Waals surface area contributed by atoms with Crippen molar-refractivity contribution in [3.05, 3.63) is 12.0 Å². The standard InChI is InChI=1S/C7H10N2O3/c1-3-12-5-4-7(2,6(10)11)9-8-5/h4H,3H2,1-2H3,(H,10,11). The number of carboxylic acid groups (broad SMARTS) is 1. The van der Waals surface area contributed by atoms with Crippen molar-refractivity contribution in [2.45, 2.75) is 19.4 Å². The van der Waals surface area contributed by atoms with Gasteiger partial charge in [-0.15, -0.1) is 5.11 Å². The van der Waals surface area contributed by atoms with Crippen molar-refractivity contribution < 1.29 is 14.6 Å². The summed E-state index contributed by atoms with van der Waals surface area (Å²) in [6.07, 6.45) is 1.39. The predicted molar refractivity (Wildman–Crippen MR) is 40.6 cm³/mol. The zero-order valence-corrected chi connectivity index (χ0v) is 6.94. The molecule has 1 aliphatic heterocycles. The maximum absolute atomic E-state index is 10.6. The number of hydrogen-bond donors (Lipinski definition) is 1. The van der Waals surface area contributed by atoms with Gasteiger partial charge in [0.1, 0.15) is 0 Å². The molecule has 0 radical (unpaired) electrons. The van der Waals surface area contributed by atoms with Crippen molar-refractivity contribution in [2.75, 3.05) is 6.61 Å². The highest BCUT2D eigenvalue weighted by molar-refractivity contribution is 5.81. The van der Waals surface area contributed by atoms with Gasteiger partial charge >= 0.3 is 5.97 Å². The summed E-state index contributed by atoms with van der Waals surface area (Å²) in [5.74, 6) is -0.747. The van der Waals surface area contributed by atoms with Crippen LogP contribution >= 0.6 is 0 Å². The van der Waals surface area contributed by atoms with Crippen LogP contribution in [0.15, 0.2) is 22.2 Å². The molecule has 1 unspecified atom stereocenters. The van der Waals surface area contributed by atoms with Crippen LogP contribution in [0, 0.1) is 0 Å². The Morgan fingerprint density at radius 1 is 1.83 bits per heavy atom.